The molecule has 1 aliphatic rings. The van der Waals surface area contributed by atoms with Crippen molar-refractivity contribution in [1.82, 2.24) is 9.97 Å². The van der Waals surface area contributed by atoms with E-state index < -0.39 is 26.5 Å². The van der Waals surface area contributed by atoms with Gasteiger partial charge in [0, 0.05) is 38.6 Å². The van der Waals surface area contributed by atoms with Crippen LogP contribution >= 0.6 is 0 Å². The summed E-state index contributed by atoms with van der Waals surface area (Å²) in [6, 6.07) is 3.55. The first-order valence-electron chi connectivity index (χ1n) is 10.4. The van der Waals surface area contributed by atoms with Crippen LogP contribution in [0, 0.1) is 11.8 Å². The number of hydrogen-bond donors (Lipinski definition) is 0. The Morgan fingerprint density at radius 2 is 1.87 bits per heavy atom. The van der Waals surface area contributed by atoms with Crippen LogP contribution in [0.4, 0.5) is 20.3 Å². The molecule has 3 heterocycles. The molecule has 0 bridgehead atoms. The SMILES string of the molecule is CCCCN(CCCC)c1nc(F)c2c(c1F)S(=O)(=O)CCN2Cc1cccnc1. The summed E-state index contributed by atoms with van der Waals surface area (Å²) in [7, 11) is -3.96. The predicted octanol–water partition coefficient (Wildman–Crippen LogP) is 3.96. The summed E-state index contributed by atoms with van der Waals surface area (Å²) in [4.78, 5) is 10.6. The monoisotopic (exact) mass is 438 g/mol. The van der Waals surface area contributed by atoms with E-state index in [9.17, 15) is 8.42 Å². The van der Waals surface area contributed by atoms with E-state index in [2.05, 4.69) is 9.97 Å². The number of unbranched alkanes of at least 4 members (excludes halogenated alkanes) is 2. The van der Waals surface area contributed by atoms with Crippen molar-refractivity contribution in [3.8, 4) is 0 Å². The van der Waals surface area contributed by atoms with Crippen molar-refractivity contribution >= 4 is 21.3 Å². The fraction of sp³-hybridized carbons (Fsp3) is 0.524. The summed E-state index contributed by atoms with van der Waals surface area (Å²) >= 11 is 0. The van der Waals surface area contributed by atoms with Gasteiger partial charge in [-0.15, -0.1) is 0 Å². The number of halogens is 2. The van der Waals surface area contributed by atoms with Crippen LogP contribution in [0.1, 0.15) is 45.1 Å². The molecule has 0 fully saturated rings. The minimum atomic E-state index is -3.96. The molecule has 0 unspecified atom stereocenters. The minimum absolute atomic E-state index is 0.0665. The standard InChI is InChI=1S/C21H28F2N4O2S/c1-3-5-10-26(11-6-4-2)21-17(22)19-18(20(23)25-21)27(12-13-30(19,28)29)15-16-8-7-9-24-14-16/h7-9,14H,3-6,10-13,15H2,1-2H3. The molecule has 30 heavy (non-hydrogen) atoms. The van der Waals surface area contributed by atoms with Crippen molar-refractivity contribution in [3.63, 3.8) is 0 Å². The molecule has 0 amide bonds. The first-order chi connectivity index (χ1) is 14.4. The van der Waals surface area contributed by atoms with E-state index in [1.807, 2.05) is 19.9 Å². The fourth-order valence-corrected chi connectivity index (χ4v) is 5.13. The van der Waals surface area contributed by atoms with Crippen molar-refractivity contribution in [2.45, 2.75) is 51.0 Å². The molecule has 2 aromatic rings. The van der Waals surface area contributed by atoms with Gasteiger partial charge in [-0.2, -0.15) is 9.37 Å². The molecule has 164 valence electrons. The molecule has 0 N–H and O–H groups in total. The Hall–Kier alpha value is -2.29. The van der Waals surface area contributed by atoms with Crippen molar-refractivity contribution in [2.75, 3.05) is 35.2 Å². The van der Waals surface area contributed by atoms with Crippen LogP contribution in [-0.2, 0) is 16.4 Å². The third-order valence-electron chi connectivity index (χ3n) is 5.23. The van der Waals surface area contributed by atoms with Crippen LogP contribution in [0.25, 0.3) is 0 Å². The highest BCUT2D eigenvalue weighted by Crippen LogP contribution is 2.38. The second-order valence-electron chi connectivity index (χ2n) is 7.51. The summed E-state index contributed by atoms with van der Waals surface area (Å²) < 4.78 is 56.3. The third kappa shape index (κ3) is 4.71. The number of pyridine rings is 2. The van der Waals surface area contributed by atoms with E-state index in [1.165, 1.54) is 4.90 Å². The summed E-state index contributed by atoms with van der Waals surface area (Å²) in [5.74, 6) is -2.38. The molecular formula is C21H28F2N4O2S. The lowest BCUT2D eigenvalue weighted by atomic mass is 10.2. The normalized spacial score (nSPS) is 15.1. The molecule has 0 saturated heterocycles. The zero-order valence-electron chi connectivity index (χ0n) is 17.4. The van der Waals surface area contributed by atoms with Gasteiger partial charge in [-0.3, -0.25) is 4.98 Å². The van der Waals surface area contributed by atoms with Crippen LogP contribution in [-0.4, -0.2) is 43.8 Å². The van der Waals surface area contributed by atoms with Gasteiger partial charge in [-0.1, -0.05) is 32.8 Å². The highest BCUT2D eigenvalue weighted by Gasteiger charge is 2.37. The molecular weight excluding hydrogens is 410 g/mol. The highest BCUT2D eigenvalue weighted by molar-refractivity contribution is 7.91. The molecule has 1 aliphatic heterocycles. The van der Waals surface area contributed by atoms with Crippen LogP contribution in [0.15, 0.2) is 29.4 Å². The van der Waals surface area contributed by atoms with Crippen LogP contribution in [0.3, 0.4) is 0 Å². The summed E-state index contributed by atoms with van der Waals surface area (Å²) in [6.07, 6.45) is 6.57. The van der Waals surface area contributed by atoms with E-state index in [-0.39, 0.29) is 30.3 Å². The zero-order chi connectivity index (χ0) is 21.7. The fourth-order valence-electron chi connectivity index (χ4n) is 3.60. The Labute approximate surface area is 176 Å². The lowest BCUT2D eigenvalue weighted by molar-refractivity contribution is 0.510. The van der Waals surface area contributed by atoms with Gasteiger partial charge in [0.1, 0.15) is 10.6 Å². The first-order valence-corrected chi connectivity index (χ1v) is 12.0. The summed E-state index contributed by atoms with van der Waals surface area (Å²) in [6.45, 7) is 5.31. The molecule has 0 aliphatic carbocycles. The summed E-state index contributed by atoms with van der Waals surface area (Å²) in [5.41, 5.74) is 0.497. The third-order valence-corrected chi connectivity index (χ3v) is 6.94. The van der Waals surface area contributed by atoms with Crippen LogP contribution in [0.5, 0.6) is 0 Å². The van der Waals surface area contributed by atoms with Crippen molar-refractivity contribution in [1.29, 1.82) is 0 Å². The molecule has 0 radical (unpaired) electrons. The minimum Gasteiger partial charge on any atom is -0.361 e. The number of fused-ring (bicyclic) bond motifs is 1. The molecule has 0 spiro atoms. The molecule has 2 aromatic heterocycles. The Balaban J connectivity index is 2.07. The lowest BCUT2D eigenvalue weighted by Crippen LogP contribution is -2.38. The van der Waals surface area contributed by atoms with Gasteiger partial charge in [0.2, 0.25) is 5.95 Å². The maximum atomic E-state index is 15.6. The van der Waals surface area contributed by atoms with Crippen LogP contribution < -0.4 is 9.80 Å². The molecule has 9 heteroatoms. The van der Waals surface area contributed by atoms with Crippen molar-refractivity contribution in [2.24, 2.45) is 0 Å². The van der Waals surface area contributed by atoms with E-state index in [4.69, 9.17) is 0 Å². The Morgan fingerprint density at radius 1 is 1.17 bits per heavy atom. The second kappa shape index (κ2) is 9.68. The molecule has 0 aromatic carbocycles. The van der Waals surface area contributed by atoms with E-state index >= 15 is 8.78 Å². The van der Waals surface area contributed by atoms with Gasteiger partial charge in [0.25, 0.3) is 0 Å². The molecule has 0 saturated carbocycles. The van der Waals surface area contributed by atoms with Gasteiger partial charge in [0.15, 0.2) is 21.5 Å². The number of hydrogen-bond acceptors (Lipinski definition) is 6. The number of aromatic nitrogens is 2. The smallest absolute Gasteiger partial charge is 0.239 e. The van der Waals surface area contributed by atoms with Crippen molar-refractivity contribution < 1.29 is 17.2 Å². The molecule has 6 nitrogen and oxygen atoms in total. The van der Waals surface area contributed by atoms with Gasteiger partial charge in [0.05, 0.1) is 5.75 Å². The first kappa shape index (κ1) is 22.4. The number of rotatable bonds is 9. The zero-order valence-corrected chi connectivity index (χ0v) is 18.3. The average Bonchev–Trinajstić information content (AvgIpc) is 2.73. The molecule has 0 atom stereocenters. The lowest BCUT2D eigenvalue weighted by Gasteiger charge is -2.33. The topological polar surface area (TPSA) is 66.4 Å². The van der Waals surface area contributed by atoms with Gasteiger partial charge < -0.3 is 9.80 Å². The van der Waals surface area contributed by atoms with Crippen molar-refractivity contribution in [3.05, 3.63) is 41.9 Å². The summed E-state index contributed by atoms with van der Waals surface area (Å²) in [5, 5.41) is 0. The predicted molar refractivity (Wildman–Crippen MR) is 114 cm³/mol. The van der Waals surface area contributed by atoms with E-state index in [0.29, 0.717) is 13.1 Å². The largest absolute Gasteiger partial charge is 0.361 e. The highest BCUT2D eigenvalue weighted by atomic mass is 32.2. The second-order valence-corrected chi connectivity index (χ2v) is 9.56. The number of nitrogens with zero attached hydrogens (tertiary/aromatic N) is 4. The van der Waals surface area contributed by atoms with Gasteiger partial charge >= 0.3 is 0 Å². The maximum absolute atomic E-state index is 15.6. The number of anilines is 2. The van der Waals surface area contributed by atoms with Gasteiger partial charge in [-0.05, 0) is 24.5 Å². The quantitative estimate of drug-likeness (QED) is 0.552. The Bertz CT molecular complexity index is 963. The Morgan fingerprint density at radius 3 is 2.47 bits per heavy atom. The van der Waals surface area contributed by atoms with E-state index in [1.54, 1.807) is 23.4 Å². The maximum Gasteiger partial charge on any atom is 0.239 e. The number of sulfone groups is 1. The Kier molecular flexibility index (Phi) is 7.23. The van der Waals surface area contributed by atoms with Crippen LogP contribution in [0.2, 0.25) is 0 Å². The van der Waals surface area contributed by atoms with Gasteiger partial charge in [-0.25, -0.2) is 12.8 Å². The van der Waals surface area contributed by atoms with E-state index in [0.717, 1.165) is 31.2 Å². The molecule has 3 rings (SSSR count). The average molecular weight is 439 g/mol.